The minimum atomic E-state index is 0.0529. The molecular formula is C20H15N3O3S. The normalized spacial score (nSPS) is 11.4. The summed E-state index contributed by atoms with van der Waals surface area (Å²) in [5.74, 6) is 0.414. The first-order chi connectivity index (χ1) is 13.0. The standard InChI is InChI=1S/C20H15N3O3S/c1-11-8-13(24)3-6-16(11)23-22-12-2-5-15(18(26)9-12)20-21-17-7-4-14(25)10-19(17)27-20/h2-10,24-26H,1H3/b23-22+. The van der Waals surface area contributed by atoms with Crippen molar-refractivity contribution in [2.75, 3.05) is 0 Å². The first-order valence-corrected chi connectivity index (χ1v) is 8.95. The first-order valence-electron chi connectivity index (χ1n) is 8.14. The van der Waals surface area contributed by atoms with Crippen LogP contribution in [-0.2, 0) is 0 Å². The summed E-state index contributed by atoms with van der Waals surface area (Å²) in [7, 11) is 0. The summed E-state index contributed by atoms with van der Waals surface area (Å²) >= 11 is 1.39. The van der Waals surface area contributed by atoms with Crippen molar-refractivity contribution in [3.63, 3.8) is 0 Å². The minimum absolute atomic E-state index is 0.0529. The molecule has 0 aliphatic heterocycles. The van der Waals surface area contributed by atoms with Gasteiger partial charge in [-0.25, -0.2) is 4.98 Å². The summed E-state index contributed by atoms with van der Waals surface area (Å²) in [6.07, 6.45) is 0. The number of aryl methyl sites for hydroxylation is 1. The molecule has 0 amide bonds. The predicted octanol–water partition coefficient (Wildman–Crippen LogP) is 5.80. The van der Waals surface area contributed by atoms with Crippen LogP contribution >= 0.6 is 11.3 Å². The number of aromatic hydroxyl groups is 3. The van der Waals surface area contributed by atoms with E-state index in [0.29, 0.717) is 21.9 Å². The van der Waals surface area contributed by atoms with Crippen molar-refractivity contribution < 1.29 is 15.3 Å². The van der Waals surface area contributed by atoms with E-state index in [-0.39, 0.29) is 17.2 Å². The number of fused-ring (bicyclic) bond motifs is 1. The maximum atomic E-state index is 10.4. The van der Waals surface area contributed by atoms with E-state index in [2.05, 4.69) is 15.2 Å². The Balaban J connectivity index is 1.64. The number of rotatable bonds is 3. The van der Waals surface area contributed by atoms with Gasteiger partial charge in [-0.15, -0.1) is 11.3 Å². The van der Waals surface area contributed by atoms with Gasteiger partial charge in [-0.3, -0.25) is 0 Å². The molecule has 4 aromatic rings. The molecule has 27 heavy (non-hydrogen) atoms. The molecule has 0 bridgehead atoms. The SMILES string of the molecule is Cc1cc(O)ccc1/N=N/c1ccc(-c2nc3ccc(O)cc3s2)c(O)c1. The monoisotopic (exact) mass is 377 g/mol. The van der Waals surface area contributed by atoms with Crippen molar-refractivity contribution >= 4 is 32.9 Å². The highest BCUT2D eigenvalue weighted by Gasteiger charge is 2.11. The van der Waals surface area contributed by atoms with E-state index < -0.39 is 0 Å². The maximum absolute atomic E-state index is 10.4. The Morgan fingerprint density at radius 3 is 2.41 bits per heavy atom. The van der Waals surface area contributed by atoms with Gasteiger partial charge in [0.15, 0.2) is 0 Å². The van der Waals surface area contributed by atoms with Gasteiger partial charge in [0.05, 0.1) is 27.2 Å². The first kappa shape index (κ1) is 17.0. The summed E-state index contributed by atoms with van der Waals surface area (Å²) in [4.78, 5) is 4.50. The number of nitrogens with zero attached hydrogens (tertiary/aromatic N) is 3. The van der Waals surface area contributed by atoms with Crippen molar-refractivity contribution in [3.05, 3.63) is 60.2 Å². The third-order valence-electron chi connectivity index (χ3n) is 4.04. The van der Waals surface area contributed by atoms with Crippen LogP contribution in [0, 0.1) is 6.92 Å². The van der Waals surface area contributed by atoms with Gasteiger partial charge < -0.3 is 15.3 Å². The largest absolute Gasteiger partial charge is 0.508 e. The lowest BCUT2D eigenvalue weighted by Crippen LogP contribution is -1.78. The zero-order valence-electron chi connectivity index (χ0n) is 14.3. The Labute approximate surface area is 158 Å². The molecule has 134 valence electrons. The van der Waals surface area contributed by atoms with Gasteiger partial charge in [0.2, 0.25) is 0 Å². The second kappa shape index (κ2) is 6.69. The number of benzene rings is 3. The van der Waals surface area contributed by atoms with Crippen LogP contribution in [0.4, 0.5) is 11.4 Å². The number of azo groups is 1. The van der Waals surface area contributed by atoms with Gasteiger partial charge >= 0.3 is 0 Å². The van der Waals surface area contributed by atoms with Crippen molar-refractivity contribution in [3.8, 4) is 27.8 Å². The highest BCUT2D eigenvalue weighted by Crippen LogP contribution is 2.38. The molecule has 6 nitrogen and oxygen atoms in total. The lowest BCUT2D eigenvalue weighted by Gasteiger charge is -2.02. The summed E-state index contributed by atoms with van der Waals surface area (Å²) in [6.45, 7) is 1.83. The van der Waals surface area contributed by atoms with Crippen LogP contribution in [0.3, 0.4) is 0 Å². The van der Waals surface area contributed by atoms with Crippen LogP contribution < -0.4 is 0 Å². The number of thiazole rings is 1. The molecule has 0 atom stereocenters. The summed E-state index contributed by atoms with van der Waals surface area (Å²) < 4.78 is 0.843. The average molecular weight is 377 g/mol. The van der Waals surface area contributed by atoms with E-state index in [4.69, 9.17) is 0 Å². The molecule has 0 radical (unpaired) electrons. The molecule has 3 aromatic carbocycles. The van der Waals surface area contributed by atoms with Crippen LogP contribution in [-0.4, -0.2) is 20.3 Å². The molecule has 3 N–H and O–H groups in total. The molecule has 4 rings (SSSR count). The van der Waals surface area contributed by atoms with Crippen LogP contribution in [0.5, 0.6) is 17.2 Å². The van der Waals surface area contributed by atoms with E-state index in [1.165, 1.54) is 17.4 Å². The van der Waals surface area contributed by atoms with E-state index in [1.807, 2.05) is 6.92 Å². The van der Waals surface area contributed by atoms with Gasteiger partial charge in [-0.1, -0.05) is 0 Å². The molecule has 0 saturated carbocycles. The predicted molar refractivity (Wildman–Crippen MR) is 105 cm³/mol. The minimum Gasteiger partial charge on any atom is -0.508 e. The average Bonchev–Trinajstić information content (AvgIpc) is 3.03. The molecule has 0 saturated heterocycles. The van der Waals surface area contributed by atoms with Gasteiger partial charge in [0, 0.05) is 6.07 Å². The maximum Gasteiger partial charge on any atom is 0.128 e. The van der Waals surface area contributed by atoms with Crippen molar-refractivity contribution in [2.24, 2.45) is 10.2 Å². The Bertz CT molecular complexity index is 1180. The van der Waals surface area contributed by atoms with Gasteiger partial charge in [-0.05, 0) is 61.0 Å². The Morgan fingerprint density at radius 2 is 1.63 bits per heavy atom. The summed E-state index contributed by atoms with van der Waals surface area (Å²) in [5, 5.41) is 38.4. The van der Waals surface area contributed by atoms with Crippen LogP contribution in [0.2, 0.25) is 0 Å². The summed E-state index contributed by atoms with van der Waals surface area (Å²) in [6, 6.07) is 14.8. The molecular weight excluding hydrogens is 362 g/mol. The van der Waals surface area contributed by atoms with Gasteiger partial charge in [0.1, 0.15) is 22.3 Å². The van der Waals surface area contributed by atoms with E-state index >= 15 is 0 Å². The lowest BCUT2D eigenvalue weighted by molar-refractivity contribution is 0.474. The Morgan fingerprint density at radius 1 is 0.852 bits per heavy atom. The third-order valence-corrected chi connectivity index (χ3v) is 5.09. The van der Waals surface area contributed by atoms with Crippen LogP contribution in [0.25, 0.3) is 20.8 Å². The molecule has 0 fully saturated rings. The van der Waals surface area contributed by atoms with E-state index in [9.17, 15) is 15.3 Å². The molecule has 0 spiro atoms. The number of phenols is 3. The zero-order valence-corrected chi connectivity index (χ0v) is 15.1. The van der Waals surface area contributed by atoms with Crippen LogP contribution in [0.1, 0.15) is 5.56 Å². The molecule has 7 heteroatoms. The second-order valence-corrected chi connectivity index (χ2v) is 7.07. The molecule has 0 aliphatic rings. The van der Waals surface area contributed by atoms with Gasteiger partial charge in [0.25, 0.3) is 0 Å². The number of hydrogen-bond acceptors (Lipinski definition) is 7. The molecule has 1 aromatic heterocycles. The third kappa shape index (κ3) is 3.45. The second-order valence-electron chi connectivity index (χ2n) is 6.04. The van der Waals surface area contributed by atoms with E-state index in [0.717, 1.165) is 15.8 Å². The number of aromatic nitrogens is 1. The van der Waals surface area contributed by atoms with Crippen molar-refractivity contribution in [1.82, 2.24) is 4.98 Å². The number of phenolic OH excluding ortho intramolecular Hbond substituents is 3. The molecule has 0 aliphatic carbocycles. The highest BCUT2D eigenvalue weighted by molar-refractivity contribution is 7.21. The fraction of sp³-hybridized carbons (Fsp3) is 0.0500. The van der Waals surface area contributed by atoms with Crippen LogP contribution in [0.15, 0.2) is 64.8 Å². The topological polar surface area (TPSA) is 98.3 Å². The zero-order chi connectivity index (χ0) is 19.0. The molecule has 0 unspecified atom stereocenters. The Hall–Kier alpha value is -3.45. The molecule has 1 heterocycles. The van der Waals surface area contributed by atoms with E-state index in [1.54, 1.807) is 48.5 Å². The Kier molecular flexibility index (Phi) is 4.21. The van der Waals surface area contributed by atoms with Crippen molar-refractivity contribution in [1.29, 1.82) is 0 Å². The fourth-order valence-electron chi connectivity index (χ4n) is 2.66. The fourth-order valence-corrected chi connectivity index (χ4v) is 3.69. The highest BCUT2D eigenvalue weighted by atomic mass is 32.1. The smallest absolute Gasteiger partial charge is 0.128 e. The van der Waals surface area contributed by atoms with Gasteiger partial charge in [-0.2, -0.15) is 10.2 Å². The van der Waals surface area contributed by atoms with Crippen molar-refractivity contribution in [2.45, 2.75) is 6.92 Å². The lowest BCUT2D eigenvalue weighted by atomic mass is 10.2. The quantitative estimate of drug-likeness (QED) is 0.393. The summed E-state index contributed by atoms with van der Waals surface area (Å²) in [5.41, 5.74) is 3.30. The number of hydrogen-bond donors (Lipinski definition) is 3.